The van der Waals surface area contributed by atoms with E-state index in [0.717, 1.165) is 49.5 Å². The van der Waals surface area contributed by atoms with E-state index in [-0.39, 0.29) is 17.8 Å². The lowest BCUT2D eigenvalue weighted by atomic mass is 9.89. The van der Waals surface area contributed by atoms with Crippen molar-refractivity contribution >= 4 is 24.0 Å². The number of likely N-dealkylation sites (tertiary alicyclic amines) is 1. The van der Waals surface area contributed by atoms with E-state index in [0.29, 0.717) is 19.1 Å². The molecule has 1 fully saturated rings. The first kappa shape index (κ1) is 24.4. The summed E-state index contributed by atoms with van der Waals surface area (Å²) in [5.41, 5.74) is 2.40. The van der Waals surface area contributed by atoms with Crippen LogP contribution in [0.25, 0.3) is 0 Å². The van der Waals surface area contributed by atoms with Crippen LogP contribution in [-0.4, -0.2) is 31.1 Å². The van der Waals surface area contributed by atoms with Gasteiger partial charge in [-0.1, -0.05) is 60.7 Å². The first-order valence-electron chi connectivity index (χ1n) is 11.1. The van der Waals surface area contributed by atoms with E-state index in [1.165, 1.54) is 5.56 Å². The SMILES string of the molecule is Cl.ClC(c1ccccc1)C1CCN(CCOc2ccc(OCc3ccccc3)cc2)CC1. The van der Waals surface area contributed by atoms with Crippen molar-refractivity contribution < 1.29 is 9.47 Å². The number of hydrogen-bond donors (Lipinski definition) is 0. The number of nitrogens with zero attached hydrogens (tertiary/aromatic N) is 1. The Hall–Kier alpha value is -2.20. The van der Waals surface area contributed by atoms with Gasteiger partial charge >= 0.3 is 0 Å². The maximum absolute atomic E-state index is 6.73. The van der Waals surface area contributed by atoms with Crippen LogP contribution in [0.15, 0.2) is 84.9 Å². The summed E-state index contributed by atoms with van der Waals surface area (Å²) in [6, 6.07) is 28.5. The summed E-state index contributed by atoms with van der Waals surface area (Å²) in [7, 11) is 0. The van der Waals surface area contributed by atoms with Gasteiger partial charge in [0.15, 0.2) is 0 Å². The quantitative estimate of drug-likeness (QED) is 0.321. The lowest BCUT2D eigenvalue weighted by Gasteiger charge is -2.34. The van der Waals surface area contributed by atoms with Crippen molar-refractivity contribution in [2.45, 2.75) is 24.8 Å². The number of rotatable bonds is 9. The van der Waals surface area contributed by atoms with Gasteiger partial charge in [0, 0.05) is 6.54 Å². The zero-order valence-corrected chi connectivity index (χ0v) is 19.8. The number of hydrogen-bond acceptors (Lipinski definition) is 3. The molecular weight excluding hydrogens is 441 g/mol. The highest BCUT2D eigenvalue weighted by molar-refractivity contribution is 6.21. The molecule has 0 amide bonds. The number of benzene rings is 3. The van der Waals surface area contributed by atoms with Crippen LogP contribution in [0.5, 0.6) is 11.5 Å². The largest absolute Gasteiger partial charge is 0.492 e. The first-order valence-corrected chi connectivity index (χ1v) is 11.5. The molecule has 1 heterocycles. The van der Waals surface area contributed by atoms with Crippen LogP contribution in [0.4, 0.5) is 0 Å². The van der Waals surface area contributed by atoms with E-state index >= 15 is 0 Å². The first-order chi connectivity index (χ1) is 15.3. The van der Waals surface area contributed by atoms with E-state index in [4.69, 9.17) is 21.1 Å². The third-order valence-electron chi connectivity index (χ3n) is 5.91. The van der Waals surface area contributed by atoms with Crippen molar-refractivity contribution in [1.82, 2.24) is 4.90 Å². The Kier molecular flexibility index (Phi) is 9.73. The van der Waals surface area contributed by atoms with Crippen LogP contribution in [0.3, 0.4) is 0 Å². The predicted octanol–water partition coefficient (Wildman–Crippen LogP) is 6.76. The fraction of sp³-hybridized carbons (Fsp3) is 0.333. The van der Waals surface area contributed by atoms with Crippen molar-refractivity contribution in [1.29, 1.82) is 0 Å². The molecule has 3 aromatic rings. The average Bonchev–Trinajstić information content (AvgIpc) is 2.85. The van der Waals surface area contributed by atoms with Crippen LogP contribution >= 0.6 is 24.0 Å². The van der Waals surface area contributed by atoms with E-state index in [2.05, 4.69) is 41.3 Å². The fourth-order valence-corrected chi connectivity index (χ4v) is 4.44. The summed E-state index contributed by atoms with van der Waals surface area (Å²) < 4.78 is 11.8. The molecule has 0 aromatic heterocycles. The van der Waals surface area contributed by atoms with Crippen molar-refractivity contribution in [3.05, 3.63) is 96.1 Å². The van der Waals surface area contributed by atoms with Crippen molar-refractivity contribution in [3.63, 3.8) is 0 Å². The summed E-state index contributed by atoms with van der Waals surface area (Å²) in [5.74, 6) is 2.28. The van der Waals surface area contributed by atoms with Gasteiger partial charge in [-0.25, -0.2) is 0 Å². The predicted molar refractivity (Wildman–Crippen MR) is 134 cm³/mol. The van der Waals surface area contributed by atoms with Crippen LogP contribution in [0.2, 0.25) is 0 Å². The zero-order valence-electron chi connectivity index (χ0n) is 18.2. The number of ether oxygens (including phenoxy) is 2. The van der Waals surface area contributed by atoms with Gasteiger partial charge in [-0.15, -0.1) is 24.0 Å². The van der Waals surface area contributed by atoms with Crippen LogP contribution in [0.1, 0.15) is 29.3 Å². The molecule has 0 aliphatic carbocycles. The van der Waals surface area contributed by atoms with Gasteiger partial charge in [0.1, 0.15) is 24.7 Å². The third-order valence-corrected chi connectivity index (χ3v) is 6.52. The second-order valence-corrected chi connectivity index (χ2v) is 8.56. The minimum absolute atomic E-state index is 0. The molecule has 0 spiro atoms. The Bertz CT molecular complexity index is 898. The molecule has 0 radical (unpaired) electrons. The highest BCUT2D eigenvalue weighted by Gasteiger charge is 2.26. The van der Waals surface area contributed by atoms with E-state index in [9.17, 15) is 0 Å². The molecule has 32 heavy (non-hydrogen) atoms. The summed E-state index contributed by atoms with van der Waals surface area (Å²) in [4.78, 5) is 2.47. The standard InChI is InChI=1S/C27H30ClNO2.ClH/c28-27(23-9-5-2-6-10-23)24-15-17-29(18-16-24)19-20-30-25-11-13-26(14-12-25)31-21-22-7-3-1-4-8-22;/h1-14,24,27H,15-21H2;1H. The molecule has 1 saturated heterocycles. The van der Waals surface area contributed by atoms with Crippen molar-refractivity contribution in [2.75, 3.05) is 26.2 Å². The van der Waals surface area contributed by atoms with Crippen molar-refractivity contribution in [3.8, 4) is 11.5 Å². The van der Waals surface area contributed by atoms with Crippen LogP contribution in [-0.2, 0) is 6.61 Å². The second-order valence-electron chi connectivity index (χ2n) is 8.09. The Balaban J connectivity index is 0.00000289. The highest BCUT2D eigenvalue weighted by Crippen LogP contribution is 2.35. The summed E-state index contributed by atoms with van der Waals surface area (Å²) in [5, 5.41) is 0.113. The van der Waals surface area contributed by atoms with Crippen LogP contribution in [0, 0.1) is 5.92 Å². The normalized spacial score (nSPS) is 15.5. The van der Waals surface area contributed by atoms with E-state index in [1.54, 1.807) is 0 Å². The Labute approximate surface area is 202 Å². The minimum atomic E-state index is 0. The van der Waals surface area contributed by atoms with Gasteiger partial charge in [0.2, 0.25) is 0 Å². The molecule has 3 aromatic carbocycles. The summed E-state index contributed by atoms with van der Waals surface area (Å²) in [6.07, 6.45) is 2.27. The molecule has 0 bridgehead atoms. The third kappa shape index (κ3) is 7.16. The molecule has 1 atom stereocenters. The average molecular weight is 472 g/mol. The van der Waals surface area contributed by atoms with Crippen molar-refractivity contribution in [2.24, 2.45) is 5.92 Å². The number of alkyl halides is 1. The maximum Gasteiger partial charge on any atom is 0.120 e. The van der Waals surface area contributed by atoms with Gasteiger partial charge in [0.05, 0.1) is 5.38 Å². The van der Waals surface area contributed by atoms with Crippen LogP contribution < -0.4 is 9.47 Å². The highest BCUT2D eigenvalue weighted by atomic mass is 35.5. The molecule has 1 aliphatic rings. The molecule has 0 N–H and O–H groups in total. The maximum atomic E-state index is 6.73. The number of halogens is 2. The smallest absolute Gasteiger partial charge is 0.120 e. The molecule has 5 heteroatoms. The van der Waals surface area contributed by atoms with E-state index < -0.39 is 0 Å². The lowest BCUT2D eigenvalue weighted by molar-refractivity contribution is 0.153. The topological polar surface area (TPSA) is 21.7 Å². The molecule has 1 unspecified atom stereocenters. The Morgan fingerprint density at radius 1 is 0.781 bits per heavy atom. The van der Waals surface area contributed by atoms with Gasteiger partial charge in [-0.05, 0) is 67.2 Å². The van der Waals surface area contributed by atoms with Gasteiger partial charge < -0.3 is 9.47 Å². The monoisotopic (exact) mass is 471 g/mol. The zero-order chi connectivity index (χ0) is 21.3. The summed E-state index contributed by atoms with van der Waals surface area (Å²) >= 11 is 6.73. The van der Waals surface area contributed by atoms with E-state index in [1.807, 2.05) is 48.5 Å². The number of piperidine rings is 1. The fourth-order valence-electron chi connectivity index (χ4n) is 4.04. The summed E-state index contributed by atoms with van der Waals surface area (Å²) in [6.45, 7) is 4.37. The minimum Gasteiger partial charge on any atom is -0.492 e. The van der Waals surface area contributed by atoms with Gasteiger partial charge in [-0.2, -0.15) is 0 Å². The molecule has 3 nitrogen and oxygen atoms in total. The van der Waals surface area contributed by atoms with Gasteiger partial charge in [-0.3, -0.25) is 4.90 Å². The second kappa shape index (κ2) is 12.7. The Morgan fingerprint density at radius 3 is 1.97 bits per heavy atom. The molecule has 1 aliphatic heterocycles. The lowest BCUT2D eigenvalue weighted by Crippen LogP contribution is -2.37. The Morgan fingerprint density at radius 2 is 1.34 bits per heavy atom. The molecule has 4 rings (SSSR count). The molecular formula is C27H31Cl2NO2. The van der Waals surface area contributed by atoms with Gasteiger partial charge in [0.25, 0.3) is 0 Å². The molecule has 0 saturated carbocycles. The molecule has 170 valence electrons.